The first-order valence-corrected chi connectivity index (χ1v) is 11.0. The van der Waals surface area contributed by atoms with E-state index in [1.54, 1.807) is 48.8 Å². The summed E-state index contributed by atoms with van der Waals surface area (Å²) in [5.74, 6) is -0.994. The molecule has 1 aromatic heterocycles. The molecule has 0 radical (unpaired) electrons. The molecule has 7 nitrogen and oxygen atoms in total. The number of methoxy groups -OCH3 is 2. The number of anilines is 1. The number of pyridine rings is 1. The molecule has 1 N–H and O–H groups in total. The molecule has 0 spiro atoms. The van der Waals surface area contributed by atoms with Crippen molar-refractivity contribution in [1.82, 2.24) is 4.98 Å². The maximum Gasteiger partial charge on any atom is 0.300 e. The third kappa shape index (κ3) is 3.67. The first-order valence-electron chi connectivity index (χ1n) is 11.0. The van der Waals surface area contributed by atoms with Crippen LogP contribution in [-0.4, -0.2) is 36.0 Å². The molecular formula is C28H22N2O5. The highest BCUT2D eigenvalue weighted by atomic mass is 16.5. The second-order valence-corrected chi connectivity index (χ2v) is 8.01. The molecule has 0 aliphatic carbocycles. The van der Waals surface area contributed by atoms with Crippen LogP contribution in [0.4, 0.5) is 5.69 Å². The van der Waals surface area contributed by atoms with Gasteiger partial charge in [-0.1, -0.05) is 36.4 Å². The van der Waals surface area contributed by atoms with Gasteiger partial charge in [-0.2, -0.15) is 0 Å². The van der Waals surface area contributed by atoms with Gasteiger partial charge in [0.15, 0.2) is 0 Å². The fourth-order valence-electron chi connectivity index (χ4n) is 4.50. The Kier molecular flexibility index (Phi) is 5.66. The van der Waals surface area contributed by atoms with Crippen LogP contribution in [0.3, 0.4) is 0 Å². The molecule has 1 amide bonds. The van der Waals surface area contributed by atoms with Gasteiger partial charge in [-0.25, -0.2) is 0 Å². The van der Waals surface area contributed by atoms with Gasteiger partial charge in [0.1, 0.15) is 17.3 Å². The highest BCUT2D eigenvalue weighted by molar-refractivity contribution is 6.52. The SMILES string of the molecule is COc1ccc(/C(O)=C2\C(=O)C(=O)N(c3cccc4ccccc34)C2c2ccncc2)c(OC)c1. The number of Topliss-reactive ketones (excluding diaryl/α,β-unsaturated/α-hetero) is 1. The van der Waals surface area contributed by atoms with E-state index in [9.17, 15) is 14.7 Å². The van der Waals surface area contributed by atoms with Gasteiger partial charge in [0.2, 0.25) is 0 Å². The summed E-state index contributed by atoms with van der Waals surface area (Å²) >= 11 is 0. The van der Waals surface area contributed by atoms with Crippen molar-refractivity contribution < 1.29 is 24.2 Å². The second kappa shape index (κ2) is 8.95. The predicted molar refractivity (Wildman–Crippen MR) is 133 cm³/mol. The van der Waals surface area contributed by atoms with Crippen LogP contribution >= 0.6 is 0 Å². The topological polar surface area (TPSA) is 89.0 Å². The zero-order chi connectivity index (χ0) is 24.5. The monoisotopic (exact) mass is 466 g/mol. The lowest BCUT2D eigenvalue weighted by atomic mass is 9.95. The molecule has 174 valence electrons. The van der Waals surface area contributed by atoms with Crippen LogP contribution < -0.4 is 14.4 Å². The average Bonchev–Trinajstić information content (AvgIpc) is 3.18. The van der Waals surface area contributed by atoms with Crippen LogP contribution in [0.2, 0.25) is 0 Å². The van der Waals surface area contributed by atoms with E-state index in [1.165, 1.54) is 19.1 Å². The Labute approximate surface area is 201 Å². The molecule has 1 aliphatic heterocycles. The van der Waals surface area contributed by atoms with E-state index >= 15 is 0 Å². The lowest BCUT2D eigenvalue weighted by Gasteiger charge is -2.26. The molecule has 1 fully saturated rings. The highest BCUT2D eigenvalue weighted by Crippen LogP contribution is 2.45. The molecule has 7 heteroatoms. The Hall–Kier alpha value is -4.65. The number of fused-ring (bicyclic) bond motifs is 1. The molecule has 2 heterocycles. The van der Waals surface area contributed by atoms with Gasteiger partial charge in [0, 0.05) is 23.8 Å². The molecule has 1 aliphatic rings. The normalized spacial score (nSPS) is 17.1. The Morgan fingerprint density at radius 3 is 2.40 bits per heavy atom. The third-order valence-electron chi connectivity index (χ3n) is 6.16. The standard InChI is InChI=1S/C28H22N2O5/c1-34-19-10-11-21(23(16-19)35-2)26(31)24-25(18-12-14-29-15-13-18)30(28(33)27(24)32)22-9-5-7-17-6-3-4-8-20(17)22/h3-16,25,31H,1-2H3/b26-24+. The van der Waals surface area contributed by atoms with Crippen molar-refractivity contribution in [2.45, 2.75) is 6.04 Å². The van der Waals surface area contributed by atoms with Crippen LogP contribution in [0.5, 0.6) is 11.5 Å². The number of aliphatic hydroxyl groups excluding tert-OH is 1. The summed E-state index contributed by atoms with van der Waals surface area (Å²) in [6.45, 7) is 0. The minimum absolute atomic E-state index is 0.0300. The van der Waals surface area contributed by atoms with Crippen molar-refractivity contribution in [2.75, 3.05) is 19.1 Å². The van der Waals surface area contributed by atoms with Crippen molar-refractivity contribution in [3.8, 4) is 11.5 Å². The van der Waals surface area contributed by atoms with Gasteiger partial charge in [0.05, 0.1) is 37.1 Å². The molecule has 0 bridgehead atoms. The van der Waals surface area contributed by atoms with Crippen molar-refractivity contribution in [3.63, 3.8) is 0 Å². The molecule has 4 aromatic rings. The van der Waals surface area contributed by atoms with Crippen LogP contribution in [0.25, 0.3) is 16.5 Å². The van der Waals surface area contributed by atoms with Crippen molar-refractivity contribution in [1.29, 1.82) is 0 Å². The number of rotatable bonds is 5. The molecule has 5 rings (SSSR count). The smallest absolute Gasteiger partial charge is 0.300 e. The van der Waals surface area contributed by atoms with Gasteiger partial charge in [0.25, 0.3) is 11.7 Å². The number of benzene rings is 3. The number of ether oxygens (including phenoxy) is 2. The minimum atomic E-state index is -0.865. The van der Waals surface area contributed by atoms with E-state index < -0.39 is 17.7 Å². The first kappa shape index (κ1) is 22.2. The van der Waals surface area contributed by atoms with E-state index in [0.717, 1.165) is 10.8 Å². The molecule has 35 heavy (non-hydrogen) atoms. The quantitative estimate of drug-likeness (QED) is 0.256. The molecular weight excluding hydrogens is 444 g/mol. The number of hydrogen-bond acceptors (Lipinski definition) is 6. The summed E-state index contributed by atoms with van der Waals surface area (Å²) < 4.78 is 10.7. The molecule has 3 aromatic carbocycles. The summed E-state index contributed by atoms with van der Waals surface area (Å²) in [4.78, 5) is 32.5. The summed E-state index contributed by atoms with van der Waals surface area (Å²) in [7, 11) is 2.98. The van der Waals surface area contributed by atoms with Gasteiger partial charge < -0.3 is 14.6 Å². The largest absolute Gasteiger partial charge is 0.507 e. The summed E-state index contributed by atoms with van der Waals surface area (Å²) in [5, 5.41) is 13.2. The summed E-state index contributed by atoms with van der Waals surface area (Å²) in [6, 6.07) is 20.7. The number of nitrogens with zero attached hydrogens (tertiary/aromatic N) is 2. The van der Waals surface area contributed by atoms with E-state index in [2.05, 4.69) is 4.98 Å². The fraction of sp³-hybridized carbons (Fsp3) is 0.107. The Balaban J connectivity index is 1.77. The zero-order valence-corrected chi connectivity index (χ0v) is 19.1. The molecule has 1 atom stereocenters. The van der Waals surface area contributed by atoms with E-state index in [0.29, 0.717) is 22.7 Å². The van der Waals surface area contributed by atoms with Crippen LogP contribution in [0.1, 0.15) is 17.2 Å². The van der Waals surface area contributed by atoms with Gasteiger partial charge in [-0.15, -0.1) is 0 Å². The zero-order valence-electron chi connectivity index (χ0n) is 19.1. The Bertz CT molecular complexity index is 1470. The molecule has 1 unspecified atom stereocenters. The third-order valence-corrected chi connectivity index (χ3v) is 6.16. The van der Waals surface area contributed by atoms with Gasteiger partial charge in [-0.05, 0) is 41.3 Å². The van der Waals surface area contributed by atoms with Gasteiger partial charge in [-0.3, -0.25) is 19.5 Å². The maximum absolute atomic E-state index is 13.5. The van der Waals surface area contributed by atoms with Crippen LogP contribution in [-0.2, 0) is 9.59 Å². The van der Waals surface area contributed by atoms with E-state index in [4.69, 9.17) is 9.47 Å². The fourth-order valence-corrected chi connectivity index (χ4v) is 4.50. The number of carbonyl (C=O) groups is 2. The van der Waals surface area contributed by atoms with Crippen LogP contribution in [0.15, 0.2) is 90.8 Å². The summed E-state index contributed by atoms with van der Waals surface area (Å²) in [6.07, 6.45) is 3.18. The lowest BCUT2D eigenvalue weighted by Crippen LogP contribution is -2.29. The lowest BCUT2D eigenvalue weighted by molar-refractivity contribution is -0.132. The van der Waals surface area contributed by atoms with Crippen LogP contribution in [0, 0.1) is 0 Å². The first-order chi connectivity index (χ1) is 17.0. The number of carbonyl (C=O) groups excluding carboxylic acids is 2. The predicted octanol–water partition coefficient (Wildman–Crippen LogP) is 4.88. The molecule has 1 saturated heterocycles. The molecule has 0 saturated carbocycles. The number of aliphatic hydroxyl groups is 1. The Morgan fingerprint density at radius 2 is 1.66 bits per heavy atom. The van der Waals surface area contributed by atoms with Crippen molar-refractivity contribution >= 4 is 33.9 Å². The Morgan fingerprint density at radius 1 is 0.914 bits per heavy atom. The number of ketones is 1. The summed E-state index contributed by atoms with van der Waals surface area (Å²) in [5.41, 5.74) is 1.47. The second-order valence-electron chi connectivity index (χ2n) is 8.01. The average molecular weight is 466 g/mol. The number of amides is 1. The highest BCUT2D eigenvalue weighted by Gasteiger charge is 2.47. The minimum Gasteiger partial charge on any atom is -0.507 e. The van der Waals surface area contributed by atoms with E-state index in [-0.39, 0.29) is 16.9 Å². The van der Waals surface area contributed by atoms with Gasteiger partial charge >= 0.3 is 0 Å². The van der Waals surface area contributed by atoms with Crippen molar-refractivity contribution in [3.05, 3.63) is 102 Å². The number of aromatic nitrogens is 1. The maximum atomic E-state index is 13.5. The number of hydrogen-bond donors (Lipinski definition) is 1. The van der Waals surface area contributed by atoms with Crippen molar-refractivity contribution in [2.24, 2.45) is 0 Å². The van der Waals surface area contributed by atoms with E-state index in [1.807, 2.05) is 36.4 Å².